The zero-order valence-corrected chi connectivity index (χ0v) is 20.7. The summed E-state index contributed by atoms with van der Waals surface area (Å²) in [6.45, 7) is 3.46. The van der Waals surface area contributed by atoms with Gasteiger partial charge in [-0.05, 0) is 50.2 Å². The summed E-state index contributed by atoms with van der Waals surface area (Å²) in [6.07, 6.45) is -0.820. The van der Waals surface area contributed by atoms with Gasteiger partial charge in [-0.15, -0.1) is 11.3 Å². The molecule has 0 aliphatic heterocycles. The van der Waals surface area contributed by atoms with E-state index in [0.29, 0.717) is 21.8 Å². The molecule has 0 bridgehead atoms. The van der Waals surface area contributed by atoms with Crippen molar-refractivity contribution < 1.29 is 19.1 Å². The largest absolute Gasteiger partial charge is 0.481 e. The van der Waals surface area contributed by atoms with Gasteiger partial charge in [-0.1, -0.05) is 34.1 Å². The van der Waals surface area contributed by atoms with Gasteiger partial charge in [0, 0.05) is 15.2 Å². The van der Waals surface area contributed by atoms with Crippen LogP contribution in [0, 0.1) is 0 Å². The van der Waals surface area contributed by atoms with Crippen LogP contribution >= 0.6 is 27.3 Å². The molecule has 0 aliphatic rings. The van der Waals surface area contributed by atoms with Gasteiger partial charge in [0.05, 0.1) is 17.7 Å². The summed E-state index contributed by atoms with van der Waals surface area (Å²) in [5.41, 5.74) is -0.0202. The number of nitrogens with one attached hydrogen (secondary N) is 1. The van der Waals surface area contributed by atoms with E-state index >= 15 is 0 Å². The molecule has 10 heteroatoms. The van der Waals surface area contributed by atoms with Gasteiger partial charge in [0.15, 0.2) is 11.8 Å². The number of benzene rings is 2. The lowest BCUT2D eigenvalue weighted by Gasteiger charge is -2.14. The first-order valence-corrected chi connectivity index (χ1v) is 12.1. The fourth-order valence-corrected chi connectivity index (χ4v) is 4.42. The van der Waals surface area contributed by atoms with E-state index in [9.17, 15) is 14.4 Å². The minimum absolute atomic E-state index is 0.00954. The lowest BCUT2D eigenvalue weighted by atomic mass is 10.2. The maximum atomic E-state index is 13.4. The number of carbonyl (C=O) groups is 2. The zero-order valence-electron chi connectivity index (χ0n) is 18.3. The van der Waals surface area contributed by atoms with Crippen LogP contribution in [-0.2, 0) is 9.53 Å². The van der Waals surface area contributed by atoms with Gasteiger partial charge in [-0.3, -0.25) is 9.59 Å². The summed E-state index contributed by atoms with van der Waals surface area (Å²) in [5.74, 6) is -0.543. The number of para-hydroxylation sites is 1. The molecule has 2 aromatic carbocycles. The summed E-state index contributed by atoms with van der Waals surface area (Å²) < 4.78 is 12.8. The zero-order chi connectivity index (χ0) is 24.2. The Kier molecular flexibility index (Phi) is 7.09. The van der Waals surface area contributed by atoms with Crippen molar-refractivity contribution in [1.29, 1.82) is 0 Å². The molecule has 0 aliphatic carbocycles. The molecule has 34 heavy (non-hydrogen) atoms. The normalized spacial score (nSPS) is 11.7. The molecule has 8 nitrogen and oxygen atoms in total. The van der Waals surface area contributed by atoms with Crippen LogP contribution in [0.4, 0.5) is 5.00 Å². The highest BCUT2D eigenvalue weighted by molar-refractivity contribution is 9.10. The first-order chi connectivity index (χ1) is 16.4. The van der Waals surface area contributed by atoms with Gasteiger partial charge in [0.1, 0.15) is 10.8 Å². The van der Waals surface area contributed by atoms with Crippen molar-refractivity contribution >= 4 is 54.9 Å². The number of nitrogens with zero attached hydrogens (tertiary/aromatic N) is 2. The number of hydrogen-bond acceptors (Lipinski definition) is 7. The number of hydrogen-bond donors (Lipinski definition) is 1. The number of ether oxygens (including phenoxy) is 2. The maximum absolute atomic E-state index is 13.4. The molecule has 0 spiro atoms. The maximum Gasteiger partial charge on any atom is 0.359 e. The second-order valence-corrected chi connectivity index (χ2v) is 8.97. The van der Waals surface area contributed by atoms with E-state index in [2.05, 4.69) is 26.3 Å². The predicted molar refractivity (Wildman–Crippen MR) is 134 cm³/mol. The molecule has 4 rings (SSSR count). The number of thiophene rings is 1. The second-order valence-electron chi connectivity index (χ2n) is 7.18. The Hall–Kier alpha value is -3.50. The molecule has 1 N–H and O–H groups in total. The molecular formula is C24H20BrN3O5S. The van der Waals surface area contributed by atoms with Crippen LogP contribution in [-0.4, -0.2) is 34.4 Å². The van der Waals surface area contributed by atoms with Crippen LogP contribution in [0.25, 0.3) is 16.5 Å². The molecule has 0 radical (unpaired) electrons. The van der Waals surface area contributed by atoms with E-state index in [4.69, 9.17) is 9.47 Å². The summed E-state index contributed by atoms with van der Waals surface area (Å²) in [5, 5.41) is 9.45. The van der Waals surface area contributed by atoms with Crippen molar-refractivity contribution in [3.05, 3.63) is 80.5 Å². The Morgan fingerprint density at radius 1 is 1.15 bits per heavy atom. The molecular weight excluding hydrogens is 522 g/mol. The van der Waals surface area contributed by atoms with E-state index in [0.717, 1.165) is 20.5 Å². The van der Waals surface area contributed by atoms with Crippen LogP contribution < -0.4 is 15.6 Å². The molecule has 0 fully saturated rings. The van der Waals surface area contributed by atoms with Gasteiger partial charge in [-0.2, -0.15) is 9.78 Å². The van der Waals surface area contributed by atoms with Gasteiger partial charge in [0.25, 0.3) is 11.5 Å². The van der Waals surface area contributed by atoms with Crippen LogP contribution in [0.3, 0.4) is 0 Å². The molecule has 1 atom stereocenters. The number of amides is 1. The average Bonchev–Trinajstić information content (AvgIpc) is 3.25. The van der Waals surface area contributed by atoms with Gasteiger partial charge in [0.2, 0.25) is 0 Å². The average molecular weight is 542 g/mol. The number of carbonyl (C=O) groups excluding carboxylic acids is 2. The van der Waals surface area contributed by atoms with Crippen LogP contribution in [0.5, 0.6) is 5.75 Å². The van der Waals surface area contributed by atoms with Crippen molar-refractivity contribution in [3.63, 3.8) is 0 Å². The van der Waals surface area contributed by atoms with Gasteiger partial charge in [-0.25, -0.2) is 4.79 Å². The molecule has 2 aromatic heterocycles. The monoisotopic (exact) mass is 541 g/mol. The van der Waals surface area contributed by atoms with E-state index < -0.39 is 23.5 Å². The Labute approximate surface area is 207 Å². The molecule has 4 aromatic rings. The summed E-state index contributed by atoms with van der Waals surface area (Å²) in [6, 6.07) is 15.9. The van der Waals surface area contributed by atoms with E-state index in [1.54, 1.807) is 67.8 Å². The number of esters is 1. The minimum Gasteiger partial charge on any atom is -0.481 e. The molecule has 0 saturated carbocycles. The van der Waals surface area contributed by atoms with Crippen molar-refractivity contribution in [3.8, 4) is 11.4 Å². The lowest BCUT2D eigenvalue weighted by molar-refractivity contribution is -0.122. The standard InChI is InChI=1S/C24H20BrN3O5S/c1-3-32-24(31)20-18-13-34-22(26-21(29)14(2)33-17-7-5-4-6-8-17)19(18)23(30)28(27-20)16-11-9-15(25)10-12-16/h4-14H,3H2,1-2H3,(H,26,29). The van der Waals surface area contributed by atoms with Crippen molar-refractivity contribution in [1.82, 2.24) is 9.78 Å². The van der Waals surface area contributed by atoms with Crippen LogP contribution in [0.1, 0.15) is 24.3 Å². The molecule has 2 heterocycles. The predicted octanol–water partition coefficient (Wildman–Crippen LogP) is 4.79. The van der Waals surface area contributed by atoms with E-state index in [1.165, 1.54) is 0 Å². The summed E-state index contributed by atoms with van der Waals surface area (Å²) in [7, 11) is 0. The van der Waals surface area contributed by atoms with Gasteiger partial charge < -0.3 is 14.8 Å². The number of aromatic nitrogens is 2. The van der Waals surface area contributed by atoms with Crippen molar-refractivity contribution in [2.24, 2.45) is 0 Å². The smallest absolute Gasteiger partial charge is 0.359 e. The Morgan fingerprint density at radius 2 is 1.85 bits per heavy atom. The van der Waals surface area contributed by atoms with Crippen LogP contribution in [0.2, 0.25) is 0 Å². The molecule has 0 saturated heterocycles. The fraction of sp³-hybridized carbons (Fsp3) is 0.167. The third kappa shape index (κ3) is 4.87. The van der Waals surface area contributed by atoms with Crippen molar-refractivity contribution in [2.75, 3.05) is 11.9 Å². The summed E-state index contributed by atoms with van der Waals surface area (Å²) in [4.78, 5) is 38.9. The second kappa shape index (κ2) is 10.2. The quantitative estimate of drug-likeness (QED) is 0.337. The van der Waals surface area contributed by atoms with Crippen molar-refractivity contribution in [2.45, 2.75) is 20.0 Å². The highest BCUT2D eigenvalue weighted by atomic mass is 79.9. The van der Waals surface area contributed by atoms with Crippen LogP contribution in [0.15, 0.2) is 69.2 Å². The van der Waals surface area contributed by atoms with E-state index in [-0.39, 0.29) is 17.7 Å². The number of rotatable bonds is 7. The number of halogens is 1. The number of anilines is 1. The highest BCUT2D eigenvalue weighted by Crippen LogP contribution is 2.31. The van der Waals surface area contributed by atoms with E-state index in [1.807, 2.05) is 6.07 Å². The first kappa shape index (κ1) is 23.7. The number of fused-ring (bicyclic) bond motifs is 1. The summed E-state index contributed by atoms with van der Waals surface area (Å²) >= 11 is 4.49. The Morgan fingerprint density at radius 3 is 2.53 bits per heavy atom. The fourth-order valence-electron chi connectivity index (χ4n) is 3.22. The topological polar surface area (TPSA) is 99.5 Å². The lowest BCUT2D eigenvalue weighted by Crippen LogP contribution is -2.31. The van der Waals surface area contributed by atoms with Gasteiger partial charge >= 0.3 is 5.97 Å². The third-order valence-electron chi connectivity index (χ3n) is 4.85. The highest BCUT2D eigenvalue weighted by Gasteiger charge is 2.24. The molecule has 1 amide bonds. The molecule has 1 unspecified atom stereocenters. The first-order valence-electron chi connectivity index (χ1n) is 10.4. The molecule has 174 valence electrons. The third-order valence-corrected chi connectivity index (χ3v) is 6.28. The Balaban J connectivity index is 1.76. The SMILES string of the molecule is CCOC(=O)c1nn(-c2ccc(Br)cc2)c(=O)c2c(NC(=O)C(C)Oc3ccccc3)scc12. The Bertz CT molecular complexity index is 1400. The minimum atomic E-state index is -0.820.